The second-order valence-corrected chi connectivity index (χ2v) is 7.14. The predicted octanol–water partition coefficient (Wildman–Crippen LogP) is 4.10. The van der Waals surface area contributed by atoms with Crippen molar-refractivity contribution in [3.8, 4) is 0 Å². The quantitative estimate of drug-likeness (QED) is 0.717. The Morgan fingerprint density at radius 1 is 1.20 bits per heavy atom. The third kappa shape index (κ3) is 3.19. The van der Waals surface area contributed by atoms with Crippen LogP contribution < -0.4 is 0 Å². The van der Waals surface area contributed by atoms with Crippen LogP contribution in [0.4, 0.5) is 4.39 Å². The van der Waals surface area contributed by atoms with E-state index in [0.717, 1.165) is 55.5 Å². The summed E-state index contributed by atoms with van der Waals surface area (Å²) in [5.74, 6) is -0.151. The van der Waals surface area contributed by atoms with Crippen molar-refractivity contribution in [1.82, 2.24) is 14.5 Å². The predicted molar refractivity (Wildman–Crippen MR) is 99.2 cm³/mol. The molecule has 130 valence electrons. The van der Waals surface area contributed by atoms with Gasteiger partial charge in [-0.2, -0.15) is 0 Å². The first-order valence-corrected chi connectivity index (χ1v) is 9.01. The molecule has 0 radical (unpaired) electrons. The summed E-state index contributed by atoms with van der Waals surface area (Å²) in [5, 5.41) is 1.07. The van der Waals surface area contributed by atoms with Gasteiger partial charge in [0.1, 0.15) is 5.82 Å². The number of aryl methyl sites for hydroxylation is 3. The second-order valence-electron chi connectivity index (χ2n) is 7.14. The lowest BCUT2D eigenvalue weighted by molar-refractivity contribution is 0.333. The van der Waals surface area contributed by atoms with Gasteiger partial charge in [-0.15, -0.1) is 0 Å². The SMILES string of the molecule is Cc1ccc(CCn2c3c(c4cc(F)ccc42)CN(C)CCC3)cn1. The minimum Gasteiger partial charge on any atom is -0.344 e. The molecule has 3 aromatic rings. The summed E-state index contributed by atoms with van der Waals surface area (Å²) in [6, 6.07) is 9.44. The van der Waals surface area contributed by atoms with Crippen molar-refractivity contribution in [2.75, 3.05) is 13.6 Å². The van der Waals surface area contributed by atoms with Crippen molar-refractivity contribution < 1.29 is 4.39 Å². The molecule has 0 unspecified atom stereocenters. The molecule has 0 spiro atoms. The summed E-state index contributed by atoms with van der Waals surface area (Å²) in [4.78, 5) is 6.74. The molecule has 1 aromatic carbocycles. The second kappa shape index (κ2) is 6.60. The van der Waals surface area contributed by atoms with Gasteiger partial charge in [0, 0.05) is 41.6 Å². The molecule has 0 fully saturated rings. The molecule has 2 aromatic heterocycles. The Hall–Kier alpha value is -2.20. The van der Waals surface area contributed by atoms with Gasteiger partial charge in [0.15, 0.2) is 0 Å². The van der Waals surface area contributed by atoms with Crippen LogP contribution in [0.25, 0.3) is 10.9 Å². The van der Waals surface area contributed by atoms with Gasteiger partial charge in [0.05, 0.1) is 0 Å². The third-order valence-electron chi connectivity index (χ3n) is 5.23. The highest BCUT2D eigenvalue weighted by molar-refractivity contribution is 5.85. The number of aromatic nitrogens is 2. The first kappa shape index (κ1) is 16.3. The summed E-state index contributed by atoms with van der Waals surface area (Å²) in [6.07, 6.45) is 5.11. The Morgan fingerprint density at radius 2 is 2.08 bits per heavy atom. The Bertz CT molecular complexity index is 896. The van der Waals surface area contributed by atoms with Crippen molar-refractivity contribution in [2.45, 2.75) is 39.3 Å². The molecular weight excluding hydrogens is 313 g/mol. The van der Waals surface area contributed by atoms with Crippen LogP contribution in [-0.4, -0.2) is 28.0 Å². The minimum absolute atomic E-state index is 0.151. The molecule has 0 bridgehead atoms. The summed E-state index contributed by atoms with van der Waals surface area (Å²) >= 11 is 0. The largest absolute Gasteiger partial charge is 0.344 e. The van der Waals surface area contributed by atoms with Crippen LogP contribution in [0.15, 0.2) is 36.5 Å². The Labute approximate surface area is 148 Å². The number of rotatable bonds is 3. The average molecular weight is 337 g/mol. The van der Waals surface area contributed by atoms with Crippen LogP contribution in [-0.2, 0) is 25.9 Å². The zero-order chi connectivity index (χ0) is 17.4. The van der Waals surface area contributed by atoms with E-state index in [4.69, 9.17) is 0 Å². The van der Waals surface area contributed by atoms with Crippen molar-refractivity contribution in [2.24, 2.45) is 0 Å². The van der Waals surface area contributed by atoms with Crippen LogP contribution in [0.2, 0.25) is 0 Å². The van der Waals surface area contributed by atoms with Crippen LogP contribution in [0.5, 0.6) is 0 Å². The van der Waals surface area contributed by atoms with E-state index in [9.17, 15) is 4.39 Å². The standard InChI is InChI=1S/C21H24FN3/c1-15-5-6-16(13-23-15)9-11-25-20-4-3-10-24(2)14-19(20)18-12-17(22)7-8-21(18)25/h5-8,12-13H,3-4,9-11,14H2,1-2H3. The van der Waals surface area contributed by atoms with Crippen LogP contribution in [0.1, 0.15) is 28.9 Å². The number of hydrogen-bond donors (Lipinski definition) is 0. The van der Waals surface area contributed by atoms with Gasteiger partial charge in [-0.3, -0.25) is 4.98 Å². The zero-order valence-electron chi connectivity index (χ0n) is 14.9. The van der Waals surface area contributed by atoms with E-state index in [1.807, 2.05) is 19.2 Å². The Morgan fingerprint density at radius 3 is 2.88 bits per heavy atom. The molecule has 0 saturated carbocycles. The van der Waals surface area contributed by atoms with Gasteiger partial charge in [-0.1, -0.05) is 6.07 Å². The molecule has 25 heavy (non-hydrogen) atoms. The van der Waals surface area contributed by atoms with Crippen LogP contribution in [0, 0.1) is 12.7 Å². The third-order valence-corrected chi connectivity index (χ3v) is 5.23. The molecule has 1 aliphatic rings. The summed E-state index contributed by atoms with van der Waals surface area (Å²) in [6.45, 7) is 4.90. The van der Waals surface area contributed by atoms with E-state index >= 15 is 0 Å². The monoisotopic (exact) mass is 337 g/mol. The minimum atomic E-state index is -0.151. The van der Waals surface area contributed by atoms with E-state index in [2.05, 4.69) is 33.6 Å². The lowest BCUT2D eigenvalue weighted by Crippen LogP contribution is -2.17. The molecule has 4 rings (SSSR count). The van der Waals surface area contributed by atoms with E-state index in [0.29, 0.717) is 0 Å². The van der Waals surface area contributed by atoms with Gasteiger partial charge in [-0.05, 0) is 75.2 Å². The average Bonchev–Trinajstić information content (AvgIpc) is 2.74. The molecule has 0 amide bonds. The van der Waals surface area contributed by atoms with Crippen molar-refractivity contribution in [1.29, 1.82) is 0 Å². The molecule has 3 heterocycles. The van der Waals surface area contributed by atoms with Gasteiger partial charge in [0.2, 0.25) is 0 Å². The van der Waals surface area contributed by atoms with Crippen molar-refractivity contribution in [3.63, 3.8) is 0 Å². The summed E-state index contributed by atoms with van der Waals surface area (Å²) < 4.78 is 16.3. The lowest BCUT2D eigenvalue weighted by Gasteiger charge is -2.12. The summed E-state index contributed by atoms with van der Waals surface area (Å²) in [7, 11) is 2.15. The molecule has 4 heteroatoms. The van der Waals surface area contributed by atoms with Gasteiger partial charge < -0.3 is 9.47 Å². The first-order valence-electron chi connectivity index (χ1n) is 9.01. The maximum absolute atomic E-state index is 13.9. The number of pyridine rings is 1. The van der Waals surface area contributed by atoms with Crippen LogP contribution >= 0.6 is 0 Å². The molecule has 0 aliphatic carbocycles. The fourth-order valence-corrected chi connectivity index (χ4v) is 3.92. The number of fused-ring (bicyclic) bond motifs is 3. The fraction of sp³-hybridized carbons (Fsp3) is 0.381. The van der Waals surface area contributed by atoms with Gasteiger partial charge in [-0.25, -0.2) is 4.39 Å². The normalized spacial score (nSPS) is 15.3. The fourth-order valence-electron chi connectivity index (χ4n) is 3.92. The Kier molecular flexibility index (Phi) is 4.30. The Balaban J connectivity index is 1.74. The van der Waals surface area contributed by atoms with Crippen molar-refractivity contribution in [3.05, 3.63) is 64.9 Å². The van der Waals surface area contributed by atoms with E-state index in [1.54, 1.807) is 12.1 Å². The zero-order valence-corrected chi connectivity index (χ0v) is 14.9. The highest BCUT2D eigenvalue weighted by Gasteiger charge is 2.21. The molecular formula is C21H24FN3. The van der Waals surface area contributed by atoms with E-state index in [1.165, 1.54) is 16.8 Å². The van der Waals surface area contributed by atoms with Crippen molar-refractivity contribution >= 4 is 10.9 Å². The number of benzene rings is 1. The van der Waals surface area contributed by atoms with Crippen LogP contribution in [0.3, 0.4) is 0 Å². The first-order chi connectivity index (χ1) is 12.1. The highest BCUT2D eigenvalue weighted by atomic mass is 19.1. The number of halogens is 1. The molecule has 0 N–H and O–H groups in total. The molecule has 0 atom stereocenters. The highest BCUT2D eigenvalue weighted by Crippen LogP contribution is 2.31. The van der Waals surface area contributed by atoms with E-state index in [-0.39, 0.29) is 5.82 Å². The lowest BCUT2D eigenvalue weighted by atomic mass is 10.1. The molecule has 0 saturated heterocycles. The number of nitrogens with zero attached hydrogens (tertiary/aromatic N) is 3. The van der Waals surface area contributed by atoms with E-state index < -0.39 is 0 Å². The maximum atomic E-state index is 13.9. The maximum Gasteiger partial charge on any atom is 0.123 e. The summed E-state index contributed by atoms with van der Waals surface area (Å²) in [5.41, 5.74) is 6.12. The smallest absolute Gasteiger partial charge is 0.123 e. The van der Waals surface area contributed by atoms with Gasteiger partial charge in [0.25, 0.3) is 0 Å². The number of hydrogen-bond acceptors (Lipinski definition) is 2. The molecule has 3 nitrogen and oxygen atoms in total. The van der Waals surface area contributed by atoms with Gasteiger partial charge >= 0.3 is 0 Å². The topological polar surface area (TPSA) is 21.1 Å². The molecule has 1 aliphatic heterocycles.